The summed E-state index contributed by atoms with van der Waals surface area (Å²) in [6, 6.07) is 0. The highest BCUT2D eigenvalue weighted by Crippen LogP contribution is 2.25. The van der Waals surface area contributed by atoms with E-state index in [0.29, 0.717) is 0 Å². The highest BCUT2D eigenvalue weighted by molar-refractivity contribution is 5.82. The predicted octanol–water partition coefficient (Wildman–Crippen LogP) is 2.94. The van der Waals surface area contributed by atoms with Crippen LogP contribution in [0.2, 0.25) is 0 Å². The van der Waals surface area contributed by atoms with E-state index in [1.165, 1.54) is 0 Å². The topological polar surface area (TPSA) is 52.6 Å². The molecule has 0 heterocycles. The van der Waals surface area contributed by atoms with Crippen molar-refractivity contribution in [3.63, 3.8) is 0 Å². The van der Waals surface area contributed by atoms with Crippen molar-refractivity contribution in [2.24, 2.45) is 11.3 Å². The van der Waals surface area contributed by atoms with E-state index in [0.717, 1.165) is 12.8 Å². The quantitative estimate of drug-likeness (QED) is 0.659. The van der Waals surface area contributed by atoms with Crippen molar-refractivity contribution < 1.29 is 19.1 Å². The fraction of sp³-hybridized carbons (Fsp3) is 0.857. The second kappa shape index (κ2) is 7.39. The van der Waals surface area contributed by atoms with Gasteiger partial charge in [0, 0.05) is 5.92 Å². The average Bonchev–Trinajstić information content (AvgIpc) is 2.24. The molecule has 0 N–H and O–H groups in total. The summed E-state index contributed by atoms with van der Waals surface area (Å²) in [5.41, 5.74) is -0.561. The standard InChI is InChI=1S/C14H26O4/c1-7-9-14(5,6)13(16)18-11(10(3)4)12(15)17-8-2/h10-11H,7-9H2,1-6H3. The Balaban J connectivity index is 4.69. The van der Waals surface area contributed by atoms with Crippen LogP contribution < -0.4 is 0 Å². The maximum absolute atomic E-state index is 12.0. The summed E-state index contributed by atoms with van der Waals surface area (Å²) in [5, 5.41) is 0. The van der Waals surface area contributed by atoms with Crippen LogP contribution in [0, 0.1) is 11.3 Å². The molecule has 1 atom stereocenters. The fourth-order valence-corrected chi connectivity index (χ4v) is 1.68. The first-order valence-electron chi connectivity index (χ1n) is 6.64. The molecule has 0 spiro atoms. The van der Waals surface area contributed by atoms with E-state index < -0.39 is 17.5 Å². The van der Waals surface area contributed by atoms with E-state index in [1.54, 1.807) is 6.92 Å². The Labute approximate surface area is 110 Å². The summed E-state index contributed by atoms with van der Waals surface area (Å²) in [7, 11) is 0. The molecule has 0 saturated heterocycles. The first kappa shape index (κ1) is 16.9. The van der Waals surface area contributed by atoms with Gasteiger partial charge in [-0.25, -0.2) is 4.79 Å². The molecule has 0 radical (unpaired) electrons. The largest absolute Gasteiger partial charge is 0.463 e. The summed E-state index contributed by atoms with van der Waals surface area (Å²) in [6.45, 7) is 11.4. The summed E-state index contributed by atoms with van der Waals surface area (Å²) in [4.78, 5) is 23.8. The van der Waals surface area contributed by atoms with Crippen LogP contribution in [0.25, 0.3) is 0 Å². The van der Waals surface area contributed by atoms with Crippen molar-refractivity contribution in [1.29, 1.82) is 0 Å². The lowest BCUT2D eigenvalue weighted by Gasteiger charge is -2.26. The van der Waals surface area contributed by atoms with E-state index in [9.17, 15) is 9.59 Å². The third-order valence-corrected chi connectivity index (χ3v) is 2.79. The Kier molecular flexibility index (Phi) is 6.96. The van der Waals surface area contributed by atoms with Crippen LogP contribution in [-0.4, -0.2) is 24.6 Å². The van der Waals surface area contributed by atoms with E-state index >= 15 is 0 Å². The van der Waals surface area contributed by atoms with Gasteiger partial charge in [0.25, 0.3) is 0 Å². The summed E-state index contributed by atoms with van der Waals surface area (Å²) >= 11 is 0. The van der Waals surface area contributed by atoms with Crippen molar-refractivity contribution in [1.82, 2.24) is 0 Å². The Morgan fingerprint density at radius 3 is 2.11 bits per heavy atom. The summed E-state index contributed by atoms with van der Waals surface area (Å²) < 4.78 is 10.3. The van der Waals surface area contributed by atoms with Gasteiger partial charge in [-0.15, -0.1) is 0 Å². The summed E-state index contributed by atoms with van der Waals surface area (Å²) in [6.07, 6.45) is 0.821. The molecule has 0 bridgehead atoms. The number of hydrogen-bond donors (Lipinski definition) is 0. The number of carbonyl (C=O) groups is 2. The van der Waals surface area contributed by atoms with Gasteiger partial charge in [0.2, 0.25) is 6.10 Å². The van der Waals surface area contributed by atoms with Crippen LogP contribution in [0.15, 0.2) is 0 Å². The van der Waals surface area contributed by atoms with Crippen molar-refractivity contribution in [2.45, 2.75) is 60.5 Å². The minimum absolute atomic E-state index is 0.0922. The van der Waals surface area contributed by atoms with Gasteiger partial charge in [0.05, 0.1) is 12.0 Å². The molecule has 18 heavy (non-hydrogen) atoms. The highest BCUT2D eigenvalue weighted by atomic mass is 16.6. The molecular formula is C14H26O4. The SMILES string of the molecule is CCCC(C)(C)C(=O)OC(C(=O)OCC)C(C)C. The predicted molar refractivity (Wildman–Crippen MR) is 70.0 cm³/mol. The van der Waals surface area contributed by atoms with Crippen LogP contribution in [-0.2, 0) is 19.1 Å². The molecule has 4 nitrogen and oxygen atoms in total. The lowest BCUT2D eigenvalue weighted by molar-refractivity contribution is -0.176. The second-order valence-corrected chi connectivity index (χ2v) is 5.46. The molecule has 0 amide bonds. The van der Waals surface area contributed by atoms with Crippen molar-refractivity contribution >= 4 is 11.9 Å². The molecule has 0 aromatic rings. The van der Waals surface area contributed by atoms with Gasteiger partial charge in [-0.2, -0.15) is 0 Å². The zero-order valence-electron chi connectivity index (χ0n) is 12.4. The van der Waals surface area contributed by atoms with E-state index in [-0.39, 0.29) is 18.5 Å². The molecule has 0 fully saturated rings. The van der Waals surface area contributed by atoms with Gasteiger partial charge in [-0.3, -0.25) is 4.79 Å². The van der Waals surface area contributed by atoms with Crippen molar-refractivity contribution in [2.75, 3.05) is 6.61 Å². The molecule has 1 unspecified atom stereocenters. The minimum atomic E-state index is -0.811. The van der Waals surface area contributed by atoms with Gasteiger partial charge >= 0.3 is 11.9 Å². The van der Waals surface area contributed by atoms with Crippen LogP contribution in [0.1, 0.15) is 54.4 Å². The van der Waals surface area contributed by atoms with Crippen LogP contribution in [0.4, 0.5) is 0 Å². The zero-order chi connectivity index (χ0) is 14.3. The van der Waals surface area contributed by atoms with Crippen molar-refractivity contribution in [3.05, 3.63) is 0 Å². The molecule has 0 aliphatic carbocycles. The van der Waals surface area contributed by atoms with Gasteiger partial charge in [0.1, 0.15) is 0 Å². The van der Waals surface area contributed by atoms with Gasteiger partial charge in [-0.1, -0.05) is 27.2 Å². The molecule has 0 aromatic carbocycles. The number of carbonyl (C=O) groups excluding carboxylic acids is 2. The molecule has 0 rings (SSSR count). The Morgan fingerprint density at radius 1 is 1.17 bits per heavy atom. The number of rotatable bonds is 7. The van der Waals surface area contributed by atoms with E-state index in [1.807, 2.05) is 34.6 Å². The zero-order valence-corrected chi connectivity index (χ0v) is 12.4. The molecule has 0 aromatic heterocycles. The molecular weight excluding hydrogens is 232 g/mol. The monoisotopic (exact) mass is 258 g/mol. The molecule has 106 valence electrons. The Morgan fingerprint density at radius 2 is 1.72 bits per heavy atom. The van der Waals surface area contributed by atoms with E-state index in [2.05, 4.69) is 0 Å². The maximum Gasteiger partial charge on any atom is 0.347 e. The minimum Gasteiger partial charge on any atom is -0.463 e. The van der Waals surface area contributed by atoms with Gasteiger partial charge in [0.15, 0.2) is 0 Å². The lowest BCUT2D eigenvalue weighted by atomic mass is 9.88. The number of hydrogen-bond acceptors (Lipinski definition) is 4. The van der Waals surface area contributed by atoms with Crippen LogP contribution in [0.5, 0.6) is 0 Å². The number of esters is 2. The first-order valence-corrected chi connectivity index (χ1v) is 6.64. The molecule has 0 saturated carbocycles. The normalized spacial score (nSPS) is 13.3. The second-order valence-electron chi connectivity index (χ2n) is 5.46. The number of ether oxygens (including phenoxy) is 2. The van der Waals surface area contributed by atoms with Gasteiger partial charge < -0.3 is 9.47 Å². The average molecular weight is 258 g/mol. The highest BCUT2D eigenvalue weighted by Gasteiger charge is 2.34. The molecule has 4 heteroatoms. The maximum atomic E-state index is 12.0. The molecule has 0 aliphatic heterocycles. The first-order chi connectivity index (χ1) is 8.26. The van der Waals surface area contributed by atoms with Gasteiger partial charge in [-0.05, 0) is 27.2 Å². The fourth-order valence-electron chi connectivity index (χ4n) is 1.68. The van der Waals surface area contributed by atoms with E-state index in [4.69, 9.17) is 9.47 Å². The lowest BCUT2D eigenvalue weighted by Crippen LogP contribution is -2.38. The molecule has 0 aliphatic rings. The third kappa shape index (κ3) is 5.07. The van der Waals surface area contributed by atoms with Crippen LogP contribution in [0.3, 0.4) is 0 Å². The van der Waals surface area contributed by atoms with Crippen LogP contribution >= 0.6 is 0 Å². The summed E-state index contributed by atoms with van der Waals surface area (Å²) in [5.74, 6) is -0.894. The Bertz CT molecular complexity index is 282. The third-order valence-electron chi connectivity index (χ3n) is 2.79. The van der Waals surface area contributed by atoms with Crippen molar-refractivity contribution in [3.8, 4) is 0 Å². The smallest absolute Gasteiger partial charge is 0.347 e. The Hall–Kier alpha value is -1.06.